The van der Waals surface area contributed by atoms with Crippen LogP contribution in [-0.2, 0) is 11.3 Å². The Morgan fingerprint density at radius 3 is 2.50 bits per heavy atom. The number of hydrogen-bond acceptors (Lipinski definition) is 5. The number of aliphatic hydroxyl groups excluding tert-OH is 2. The van der Waals surface area contributed by atoms with Crippen LogP contribution >= 0.6 is 0 Å². The molecule has 1 saturated heterocycles. The highest BCUT2D eigenvalue weighted by Gasteiger charge is 2.43. The van der Waals surface area contributed by atoms with E-state index >= 15 is 0 Å². The lowest BCUT2D eigenvalue weighted by Gasteiger charge is -2.40. The van der Waals surface area contributed by atoms with Crippen LogP contribution < -0.4 is 5.32 Å². The lowest BCUT2D eigenvalue weighted by atomic mass is 9.90. The SMILES string of the molecule is CC(CO)(CO)NC[C@]1(O)CCCN(Cc2ccc(F)cc2)C1=O. The molecule has 0 unspecified atom stereocenters. The molecule has 4 N–H and O–H groups in total. The van der Waals surface area contributed by atoms with Gasteiger partial charge >= 0.3 is 0 Å². The number of aliphatic hydroxyl groups is 3. The summed E-state index contributed by atoms with van der Waals surface area (Å²) in [6.45, 7) is 1.76. The number of nitrogens with zero attached hydrogens (tertiary/aromatic N) is 1. The molecule has 0 spiro atoms. The molecule has 0 aliphatic carbocycles. The van der Waals surface area contributed by atoms with Crippen LogP contribution in [-0.4, -0.2) is 63.6 Å². The Morgan fingerprint density at radius 2 is 1.92 bits per heavy atom. The number of β-amino-alcohol motifs (C(OH)–C–C–N with tert-alkyl or cyclic N) is 1. The van der Waals surface area contributed by atoms with E-state index in [2.05, 4.69) is 5.32 Å². The minimum atomic E-state index is -1.58. The summed E-state index contributed by atoms with van der Waals surface area (Å²) in [5.74, 6) is -0.736. The maximum absolute atomic E-state index is 13.0. The van der Waals surface area contributed by atoms with Crippen LogP contribution in [0.4, 0.5) is 4.39 Å². The maximum Gasteiger partial charge on any atom is 0.256 e. The van der Waals surface area contributed by atoms with Crippen molar-refractivity contribution in [3.63, 3.8) is 0 Å². The van der Waals surface area contributed by atoms with Crippen LogP contribution in [0.5, 0.6) is 0 Å². The third kappa shape index (κ3) is 4.30. The Morgan fingerprint density at radius 1 is 1.29 bits per heavy atom. The standard InChI is InChI=1S/C17H25FN2O4/c1-16(11-21,12-22)19-10-17(24)7-2-8-20(15(17)23)9-13-3-5-14(18)6-4-13/h3-6,19,21-22,24H,2,7-12H2,1H3/t17-/m1/s1. The molecule has 2 rings (SSSR count). The van der Waals surface area contributed by atoms with Gasteiger partial charge in [-0.25, -0.2) is 4.39 Å². The van der Waals surface area contributed by atoms with Crippen LogP contribution in [0.15, 0.2) is 24.3 Å². The van der Waals surface area contributed by atoms with Gasteiger partial charge in [-0.2, -0.15) is 0 Å². The predicted octanol–water partition coefficient (Wildman–Crippen LogP) is 0.0121. The minimum Gasteiger partial charge on any atom is -0.394 e. The second-order valence-corrected chi connectivity index (χ2v) is 6.72. The van der Waals surface area contributed by atoms with E-state index in [4.69, 9.17) is 0 Å². The lowest BCUT2D eigenvalue weighted by molar-refractivity contribution is -0.158. The third-order valence-electron chi connectivity index (χ3n) is 4.50. The first kappa shape index (κ1) is 18.8. The number of halogens is 1. The largest absolute Gasteiger partial charge is 0.394 e. The molecule has 1 heterocycles. The first-order chi connectivity index (χ1) is 11.3. The van der Waals surface area contributed by atoms with E-state index in [0.717, 1.165) is 5.56 Å². The minimum absolute atomic E-state index is 0.0522. The highest BCUT2D eigenvalue weighted by molar-refractivity contribution is 5.86. The molecule has 0 bridgehead atoms. The average molecular weight is 340 g/mol. The summed E-state index contributed by atoms with van der Waals surface area (Å²) in [4.78, 5) is 14.2. The van der Waals surface area contributed by atoms with Crippen molar-refractivity contribution < 1.29 is 24.5 Å². The van der Waals surface area contributed by atoms with Crippen molar-refractivity contribution in [1.29, 1.82) is 0 Å². The Hall–Kier alpha value is -1.54. The van der Waals surface area contributed by atoms with E-state index in [1.54, 1.807) is 24.0 Å². The zero-order chi connectivity index (χ0) is 17.8. The van der Waals surface area contributed by atoms with Gasteiger partial charge in [-0.05, 0) is 37.5 Å². The number of likely N-dealkylation sites (tertiary alicyclic amines) is 1. The van der Waals surface area contributed by atoms with Crippen molar-refractivity contribution in [3.05, 3.63) is 35.6 Å². The first-order valence-corrected chi connectivity index (χ1v) is 8.05. The van der Waals surface area contributed by atoms with Gasteiger partial charge in [0.2, 0.25) is 0 Å². The number of nitrogens with one attached hydrogen (secondary N) is 1. The fourth-order valence-corrected chi connectivity index (χ4v) is 2.71. The Balaban J connectivity index is 2.03. The van der Waals surface area contributed by atoms with Crippen molar-refractivity contribution in [2.75, 3.05) is 26.3 Å². The van der Waals surface area contributed by atoms with Crippen LogP contribution in [0.2, 0.25) is 0 Å². The van der Waals surface area contributed by atoms with Crippen LogP contribution in [0.3, 0.4) is 0 Å². The molecule has 24 heavy (non-hydrogen) atoms. The van der Waals surface area contributed by atoms with Gasteiger partial charge in [0.05, 0.1) is 18.8 Å². The molecule has 0 radical (unpaired) electrons. The van der Waals surface area contributed by atoms with Gasteiger partial charge in [0, 0.05) is 19.6 Å². The number of benzene rings is 1. The Kier molecular flexibility index (Phi) is 5.92. The van der Waals surface area contributed by atoms with Gasteiger partial charge in [0.1, 0.15) is 5.82 Å². The van der Waals surface area contributed by atoms with Crippen molar-refractivity contribution in [1.82, 2.24) is 10.2 Å². The van der Waals surface area contributed by atoms with Gasteiger partial charge in [-0.15, -0.1) is 0 Å². The zero-order valence-corrected chi connectivity index (χ0v) is 13.8. The molecular formula is C17H25FN2O4. The number of piperidine rings is 1. The summed E-state index contributed by atoms with van der Waals surface area (Å²) < 4.78 is 13.0. The Labute approximate surface area is 140 Å². The van der Waals surface area contributed by atoms with Gasteiger partial charge in [-0.1, -0.05) is 12.1 Å². The highest BCUT2D eigenvalue weighted by atomic mass is 19.1. The summed E-state index contributed by atoms with van der Waals surface area (Å²) in [6, 6.07) is 5.91. The summed E-state index contributed by atoms with van der Waals surface area (Å²) >= 11 is 0. The average Bonchev–Trinajstić information content (AvgIpc) is 2.59. The number of amides is 1. The molecule has 1 aliphatic rings. The summed E-state index contributed by atoms with van der Waals surface area (Å²) in [5, 5.41) is 32.2. The molecule has 1 aliphatic heterocycles. The predicted molar refractivity (Wildman–Crippen MR) is 86.6 cm³/mol. The van der Waals surface area contributed by atoms with Gasteiger partial charge in [-0.3, -0.25) is 4.79 Å². The number of hydrogen-bond donors (Lipinski definition) is 4. The Bertz CT molecular complexity index is 562. The van der Waals surface area contributed by atoms with Crippen LogP contribution in [0.1, 0.15) is 25.3 Å². The van der Waals surface area contributed by atoms with E-state index in [0.29, 0.717) is 25.9 Å². The van der Waals surface area contributed by atoms with Crippen LogP contribution in [0.25, 0.3) is 0 Å². The maximum atomic E-state index is 13.0. The van der Waals surface area contributed by atoms with Gasteiger partial charge in [0.15, 0.2) is 5.60 Å². The molecule has 0 saturated carbocycles. The molecule has 1 aromatic carbocycles. The second-order valence-electron chi connectivity index (χ2n) is 6.72. The van der Waals surface area contributed by atoms with Crippen molar-refractivity contribution in [2.24, 2.45) is 0 Å². The van der Waals surface area contributed by atoms with E-state index < -0.39 is 17.0 Å². The summed E-state index contributed by atoms with van der Waals surface area (Å²) in [5.41, 5.74) is -1.75. The molecule has 1 aromatic rings. The monoisotopic (exact) mass is 340 g/mol. The molecule has 1 fully saturated rings. The zero-order valence-electron chi connectivity index (χ0n) is 13.8. The molecule has 1 amide bonds. The summed E-state index contributed by atoms with van der Waals surface area (Å²) in [6.07, 6.45) is 0.950. The van der Waals surface area contributed by atoms with E-state index in [1.165, 1.54) is 12.1 Å². The normalized spacial score (nSPS) is 22.0. The molecule has 0 aromatic heterocycles. The fourth-order valence-electron chi connectivity index (χ4n) is 2.71. The van der Waals surface area contributed by atoms with E-state index in [1.807, 2.05) is 0 Å². The quantitative estimate of drug-likeness (QED) is 0.561. The molecule has 1 atom stereocenters. The third-order valence-corrected chi connectivity index (χ3v) is 4.50. The van der Waals surface area contributed by atoms with Crippen molar-refractivity contribution in [3.8, 4) is 0 Å². The molecular weight excluding hydrogens is 315 g/mol. The number of rotatable bonds is 7. The molecule has 6 nitrogen and oxygen atoms in total. The van der Waals surface area contributed by atoms with E-state index in [9.17, 15) is 24.5 Å². The first-order valence-electron chi connectivity index (χ1n) is 8.05. The number of carbonyl (C=O) groups excluding carboxylic acids is 1. The smallest absolute Gasteiger partial charge is 0.256 e. The topological polar surface area (TPSA) is 93.0 Å². The second kappa shape index (κ2) is 7.57. The van der Waals surface area contributed by atoms with E-state index in [-0.39, 0.29) is 25.6 Å². The van der Waals surface area contributed by atoms with Gasteiger partial charge in [0.25, 0.3) is 5.91 Å². The molecule has 134 valence electrons. The van der Waals surface area contributed by atoms with Gasteiger partial charge < -0.3 is 25.5 Å². The fraction of sp³-hybridized carbons (Fsp3) is 0.588. The van der Waals surface area contributed by atoms with Crippen molar-refractivity contribution in [2.45, 2.75) is 37.5 Å². The number of carbonyl (C=O) groups is 1. The van der Waals surface area contributed by atoms with Crippen LogP contribution in [0, 0.1) is 5.82 Å². The summed E-state index contributed by atoms with van der Waals surface area (Å²) in [7, 11) is 0. The van der Waals surface area contributed by atoms with Crippen molar-refractivity contribution >= 4 is 5.91 Å². The highest BCUT2D eigenvalue weighted by Crippen LogP contribution is 2.24. The molecule has 7 heteroatoms. The lowest BCUT2D eigenvalue weighted by Crippen LogP contribution is -2.61.